The lowest BCUT2D eigenvalue weighted by atomic mass is 9.97. The molecule has 0 aliphatic carbocycles. The van der Waals surface area contributed by atoms with Crippen molar-refractivity contribution in [2.75, 3.05) is 11.5 Å². The third-order valence-corrected chi connectivity index (χ3v) is 6.36. The van der Waals surface area contributed by atoms with Crippen molar-refractivity contribution in [3.63, 3.8) is 0 Å². The molecular weight excluding hydrogens is 405 g/mol. The van der Waals surface area contributed by atoms with Crippen LogP contribution in [-0.4, -0.2) is 15.2 Å². The van der Waals surface area contributed by atoms with Crippen LogP contribution in [0.3, 0.4) is 0 Å². The van der Waals surface area contributed by atoms with Crippen molar-refractivity contribution in [1.82, 2.24) is 0 Å². The van der Waals surface area contributed by atoms with Crippen molar-refractivity contribution in [3.05, 3.63) is 84.7 Å². The second-order valence-electron chi connectivity index (χ2n) is 6.83. The van der Waals surface area contributed by atoms with Gasteiger partial charge >= 0.3 is 0 Å². The smallest absolute Gasteiger partial charge is 0.261 e. The summed E-state index contributed by atoms with van der Waals surface area (Å²) in [5.74, 6) is 0.886. The number of anilines is 1. The Morgan fingerprint density at radius 1 is 0.800 bits per heavy atom. The molecule has 0 aromatic heterocycles. The van der Waals surface area contributed by atoms with Gasteiger partial charge in [0.05, 0.1) is 10.6 Å². The highest BCUT2D eigenvalue weighted by atomic mass is 32.2. The SMILES string of the molecule is O=S(=O)(Nc1ccc(-c2ccc3c(c2)OCO3)c2ccccc12)c1ccc(F)cc1. The summed E-state index contributed by atoms with van der Waals surface area (Å²) < 4.78 is 52.2. The van der Waals surface area contributed by atoms with Crippen LogP contribution in [-0.2, 0) is 10.0 Å². The number of hydrogen-bond donors (Lipinski definition) is 1. The zero-order valence-electron chi connectivity index (χ0n) is 15.6. The first-order chi connectivity index (χ1) is 14.5. The summed E-state index contributed by atoms with van der Waals surface area (Å²) in [4.78, 5) is -0.00664. The average Bonchev–Trinajstić information content (AvgIpc) is 3.22. The molecule has 1 heterocycles. The van der Waals surface area contributed by atoms with E-state index in [1.54, 1.807) is 6.07 Å². The van der Waals surface area contributed by atoms with Crippen molar-refractivity contribution in [3.8, 4) is 22.6 Å². The first-order valence-electron chi connectivity index (χ1n) is 9.21. The van der Waals surface area contributed by atoms with E-state index in [9.17, 15) is 12.8 Å². The molecule has 7 heteroatoms. The molecule has 0 unspecified atom stereocenters. The number of sulfonamides is 1. The Kier molecular flexibility index (Phi) is 4.33. The summed E-state index contributed by atoms with van der Waals surface area (Å²) in [5.41, 5.74) is 2.32. The molecule has 5 nitrogen and oxygen atoms in total. The molecule has 0 atom stereocenters. The molecule has 0 fully saturated rings. The molecule has 4 aromatic carbocycles. The topological polar surface area (TPSA) is 64.6 Å². The first kappa shape index (κ1) is 18.4. The fourth-order valence-electron chi connectivity index (χ4n) is 3.52. The second-order valence-corrected chi connectivity index (χ2v) is 8.52. The lowest BCUT2D eigenvalue weighted by Gasteiger charge is -2.14. The Balaban J connectivity index is 1.58. The van der Waals surface area contributed by atoms with Crippen LogP contribution in [0, 0.1) is 5.82 Å². The molecule has 150 valence electrons. The van der Waals surface area contributed by atoms with Gasteiger partial charge in [-0.2, -0.15) is 0 Å². The third-order valence-electron chi connectivity index (χ3n) is 4.98. The van der Waals surface area contributed by atoms with Crippen LogP contribution in [0.15, 0.2) is 83.8 Å². The number of hydrogen-bond acceptors (Lipinski definition) is 4. The predicted molar refractivity (Wildman–Crippen MR) is 113 cm³/mol. The van der Waals surface area contributed by atoms with Gasteiger partial charge in [-0.1, -0.05) is 36.4 Å². The molecular formula is C23H16FNO4S. The Morgan fingerprint density at radius 2 is 1.53 bits per heavy atom. The molecule has 0 radical (unpaired) electrons. The van der Waals surface area contributed by atoms with Gasteiger partial charge in [0.2, 0.25) is 6.79 Å². The number of ether oxygens (including phenoxy) is 2. The maximum absolute atomic E-state index is 13.2. The number of nitrogens with one attached hydrogen (secondary N) is 1. The summed E-state index contributed by atoms with van der Waals surface area (Å²) in [5, 5.41) is 1.63. The van der Waals surface area contributed by atoms with E-state index < -0.39 is 15.8 Å². The summed E-state index contributed by atoms with van der Waals surface area (Å²) >= 11 is 0. The van der Waals surface area contributed by atoms with Crippen LogP contribution in [0.5, 0.6) is 11.5 Å². The zero-order chi connectivity index (χ0) is 20.7. The minimum absolute atomic E-state index is 0.00664. The maximum Gasteiger partial charge on any atom is 0.261 e. The minimum atomic E-state index is -3.86. The number of benzene rings is 4. The van der Waals surface area contributed by atoms with E-state index in [4.69, 9.17) is 9.47 Å². The van der Waals surface area contributed by atoms with Gasteiger partial charge in [-0.05, 0) is 59.0 Å². The van der Waals surface area contributed by atoms with Crippen molar-refractivity contribution in [1.29, 1.82) is 0 Å². The van der Waals surface area contributed by atoms with E-state index in [0.29, 0.717) is 17.2 Å². The highest BCUT2D eigenvalue weighted by Crippen LogP contribution is 2.39. The first-order valence-corrected chi connectivity index (χ1v) is 10.7. The van der Waals surface area contributed by atoms with Gasteiger partial charge in [-0.15, -0.1) is 0 Å². The van der Waals surface area contributed by atoms with Gasteiger partial charge in [0.15, 0.2) is 11.5 Å². The van der Waals surface area contributed by atoms with Crippen molar-refractivity contribution < 1.29 is 22.3 Å². The molecule has 0 saturated carbocycles. The van der Waals surface area contributed by atoms with Gasteiger partial charge < -0.3 is 9.47 Å². The quantitative estimate of drug-likeness (QED) is 0.493. The molecule has 0 amide bonds. The van der Waals surface area contributed by atoms with Gasteiger partial charge in [0.25, 0.3) is 10.0 Å². The van der Waals surface area contributed by atoms with Gasteiger partial charge in [-0.3, -0.25) is 4.72 Å². The highest BCUT2D eigenvalue weighted by Gasteiger charge is 2.18. The molecule has 30 heavy (non-hydrogen) atoms. The third kappa shape index (κ3) is 3.23. The normalized spacial score (nSPS) is 12.8. The molecule has 0 bridgehead atoms. The van der Waals surface area contributed by atoms with Crippen molar-refractivity contribution >= 4 is 26.5 Å². The zero-order valence-corrected chi connectivity index (χ0v) is 16.4. The second kappa shape index (κ2) is 7.03. The molecule has 0 spiro atoms. The Hall–Kier alpha value is -3.58. The minimum Gasteiger partial charge on any atom is -0.454 e. The van der Waals surface area contributed by atoms with E-state index >= 15 is 0 Å². The van der Waals surface area contributed by atoms with Crippen LogP contribution in [0.25, 0.3) is 21.9 Å². The van der Waals surface area contributed by atoms with Crippen molar-refractivity contribution in [2.24, 2.45) is 0 Å². The van der Waals surface area contributed by atoms with Gasteiger partial charge in [-0.25, -0.2) is 12.8 Å². The van der Waals surface area contributed by atoms with E-state index in [1.165, 1.54) is 12.1 Å². The molecule has 0 saturated heterocycles. The summed E-state index contributed by atoms with van der Waals surface area (Å²) in [6.45, 7) is 0.198. The number of fused-ring (bicyclic) bond motifs is 2. The summed E-state index contributed by atoms with van der Waals surface area (Å²) in [6.07, 6.45) is 0. The van der Waals surface area contributed by atoms with Crippen LogP contribution in [0.2, 0.25) is 0 Å². The molecule has 1 aliphatic rings. The van der Waals surface area contributed by atoms with Crippen LogP contribution >= 0.6 is 0 Å². The van der Waals surface area contributed by atoms with E-state index in [1.807, 2.05) is 48.5 Å². The monoisotopic (exact) mass is 421 g/mol. The van der Waals surface area contributed by atoms with E-state index in [2.05, 4.69) is 4.72 Å². The standard InChI is InChI=1S/C23H16FNO4S/c24-16-6-8-17(9-7-16)30(26,27)25-21-11-10-18(19-3-1-2-4-20(19)21)15-5-12-22-23(13-15)29-14-28-22/h1-13,25H,14H2. The highest BCUT2D eigenvalue weighted by molar-refractivity contribution is 7.92. The Labute approximate surface area is 172 Å². The Morgan fingerprint density at radius 3 is 2.33 bits per heavy atom. The fourth-order valence-corrected chi connectivity index (χ4v) is 4.60. The fraction of sp³-hybridized carbons (Fsp3) is 0.0435. The number of rotatable bonds is 4. The molecule has 4 aromatic rings. The lowest BCUT2D eigenvalue weighted by Crippen LogP contribution is -2.13. The van der Waals surface area contributed by atoms with Crippen LogP contribution in [0.4, 0.5) is 10.1 Å². The molecule has 1 N–H and O–H groups in total. The summed E-state index contributed by atoms with van der Waals surface area (Å²) in [7, 11) is -3.86. The molecule has 1 aliphatic heterocycles. The summed E-state index contributed by atoms with van der Waals surface area (Å²) in [6, 6.07) is 21.6. The van der Waals surface area contributed by atoms with E-state index in [0.717, 1.165) is 34.0 Å². The lowest BCUT2D eigenvalue weighted by molar-refractivity contribution is 0.174. The maximum atomic E-state index is 13.2. The van der Waals surface area contributed by atoms with E-state index in [-0.39, 0.29) is 11.7 Å². The van der Waals surface area contributed by atoms with Gasteiger partial charge in [0, 0.05) is 5.39 Å². The predicted octanol–water partition coefficient (Wildman–Crippen LogP) is 5.18. The van der Waals surface area contributed by atoms with Gasteiger partial charge in [0.1, 0.15) is 5.82 Å². The number of halogens is 1. The Bertz CT molecular complexity index is 1370. The average molecular weight is 421 g/mol. The van der Waals surface area contributed by atoms with Crippen LogP contribution in [0.1, 0.15) is 0 Å². The van der Waals surface area contributed by atoms with Crippen LogP contribution < -0.4 is 14.2 Å². The van der Waals surface area contributed by atoms with Crippen molar-refractivity contribution in [2.45, 2.75) is 4.90 Å². The molecule has 5 rings (SSSR count). The largest absolute Gasteiger partial charge is 0.454 e.